The molecule has 0 rings (SSSR count). The zero-order valence-corrected chi connectivity index (χ0v) is 16.4. The summed E-state index contributed by atoms with van der Waals surface area (Å²) in [6, 6.07) is 0. The summed E-state index contributed by atoms with van der Waals surface area (Å²) in [6.07, 6.45) is 0. The average molecular weight is 517 g/mol. The minimum absolute atomic E-state index is 0. The fraction of sp³-hybridized carbons (Fsp3) is 1.00. The van der Waals surface area contributed by atoms with Gasteiger partial charge in [-0.3, -0.25) is 0 Å². The number of thioether (sulfide) groups is 2. The zero-order chi connectivity index (χ0) is 8.24. The van der Waals surface area contributed by atoms with E-state index in [1.165, 1.54) is 23.0 Å². The molecule has 0 fully saturated rings. The third-order valence-electron chi connectivity index (χ3n) is 0.816. The van der Waals surface area contributed by atoms with Crippen molar-refractivity contribution in [2.75, 3.05) is 23.0 Å². The molecular formula is C8H20Cl4PtS2. The van der Waals surface area contributed by atoms with Gasteiger partial charge in [-0.25, -0.2) is 0 Å². The summed E-state index contributed by atoms with van der Waals surface area (Å²) in [5.41, 5.74) is 0. The smallest absolute Gasteiger partial charge is 1.00 e. The molecule has 0 unspecified atom stereocenters. The molecular weight excluding hydrogens is 497 g/mol. The molecule has 15 heavy (non-hydrogen) atoms. The molecule has 0 atom stereocenters. The fourth-order valence-corrected chi connectivity index (χ4v) is 1.22. The molecule has 0 aromatic rings. The first-order chi connectivity index (χ1) is 4.83. The van der Waals surface area contributed by atoms with Crippen molar-refractivity contribution in [3.8, 4) is 0 Å². The monoisotopic (exact) mass is 515 g/mol. The maximum Gasteiger partial charge on any atom is 4.00 e. The Kier molecular flexibility index (Phi) is 158. The Bertz CT molecular complexity index is 45.6. The van der Waals surface area contributed by atoms with Gasteiger partial charge < -0.3 is 49.6 Å². The molecule has 0 aromatic carbocycles. The topological polar surface area (TPSA) is 0 Å². The van der Waals surface area contributed by atoms with Gasteiger partial charge in [0.25, 0.3) is 0 Å². The Morgan fingerprint density at radius 3 is 0.667 bits per heavy atom. The van der Waals surface area contributed by atoms with Crippen LogP contribution in [0.15, 0.2) is 0 Å². The summed E-state index contributed by atoms with van der Waals surface area (Å²) in [7, 11) is 0. The average Bonchev–Trinajstić information content (AvgIpc) is 1.93. The van der Waals surface area contributed by atoms with Gasteiger partial charge in [-0.15, -0.1) is 0 Å². The predicted molar refractivity (Wildman–Crippen MR) is 57.3 cm³/mol. The van der Waals surface area contributed by atoms with Crippen LogP contribution in [0, 0.1) is 0 Å². The maximum absolute atomic E-state index is 2.17. The third-order valence-corrected chi connectivity index (χ3v) is 2.45. The number of halogens is 4. The SMILES string of the molecule is CCSCC.CCSCC.[Cl-].[Cl-].[Cl-].[Cl-].[Pt+4]. The molecule has 0 saturated carbocycles. The van der Waals surface area contributed by atoms with E-state index in [1.54, 1.807) is 0 Å². The van der Waals surface area contributed by atoms with Gasteiger partial charge in [-0.2, -0.15) is 23.5 Å². The van der Waals surface area contributed by atoms with Gasteiger partial charge in [0, 0.05) is 0 Å². The standard InChI is InChI=1S/2C4H10S.4ClH.Pt/c2*1-3-5-4-2;;;;;/h2*3-4H2,1-2H3;4*1H;/q;;;;;;+4/p-4. The first kappa shape index (κ1) is 43.2. The molecule has 0 spiro atoms. The van der Waals surface area contributed by atoms with E-state index in [0.29, 0.717) is 0 Å². The Balaban J connectivity index is -0.0000000128. The van der Waals surface area contributed by atoms with E-state index in [-0.39, 0.29) is 70.7 Å². The molecule has 102 valence electrons. The molecule has 7 heteroatoms. The summed E-state index contributed by atoms with van der Waals surface area (Å²) in [5.74, 6) is 5.04. The van der Waals surface area contributed by atoms with Crippen LogP contribution in [-0.4, -0.2) is 23.0 Å². The van der Waals surface area contributed by atoms with Crippen LogP contribution in [0.4, 0.5) is 0 Å². The minimum atomic E-state index is 0. The largest absolute Gasteiger partial charge is 4.00 e. The van der Waals surface area contributed by atoms with Crippen molar-refractivity contribution in [3.63, 3.8) is 0 Å². The second-order valence-electron chi connectivity index (χ2n) is 1.56. The Hall–Kier alpha value is 2.55. The van der Waals surface area contributed by atoms with Crippen molar-refractivity contribution < 1.29 is 70.7 Å². The molecule has 0 aliphatic carbocycles. The Labute approximate surface area is 144 Å². The van der Waals surface area contributed by atoms with E-state index < -0.39 is 0 Å². The van der Waals surface area contributed by atoms with Crippen LogP contribution in [0.3, 0.4) is 0 Å². The molecule has 0 amide bonds. The Morgan fingerprint density at radius 2 is 0.667 bits per heavy atom. The van der Waals surface area contributed by atoms with E-state index in [1.807, 2.05) is 23.5 Å². The summed E-state index contributed by atoms with van der Waals surface area (Å²) in [4.78, 5) is 0. The number of hydrogen-bond acceptors (Lipinski definition) is 2. The molecule has 0 heterocycles. The van der Waals surface area contributed by atoms with Crippen LogP contribution in [0.5, 0.6) is 0 Å². The van der Waals surface area contributed by atoms with Crippen LogP contribution >= 0.6 is 23.5 Å². The van der Waals surface area contributed by atoms with Gasteiger partial charge in [-0.05, 0) is 23.0 Å². The van der Waals surface area contributed by atoms with Gasteiger partial charge in [0.15, 0.2) is 0 Å². The number of hydrogen-bond donors (Lipinski definition) is 0. The predicted octanol–water partition coefficient (Wildman–Crippen LogP) is -8.47. The van der Waals surface area contributed by atoms with Gasteiger partial charge in [0.1, 0.15) is 0 Å². The van der Waals surface area contributed by atoms with Gasteiger partial charge in [-0.1, -0.05) is 27.7 Å². The second kappa shape index (κ2) is 54.7. The van der Waals surface area contributed by atoms with Crippen molar-refractivity contribution in [1.82, 2.24) is 0 Å². The van der Waals surface area contributed by atoms with Crippen LogP contribution in [0.25, 0.3) is 0 Å². The third kappa shape index (κ3) is 81.7. The molecule has 0 aliphatic heterocycles. The van der Waals surface area contributed by atoms with Crippen molar-refractivity contribution in [3.05, 3.63) is 0 Å². The van der Waals surface area contributed by atoms with Crippen molar-refractivity contribution in [2.24, 2.45) is 0 Å². The molecule has 0 N–H and O–H groups in total. The number of rotatable bonds is 4. The first-order valence-electron chi connectivity index (χ1n) is 3.98. The van der Waals surface area contributed by atoms with Crippen LogP contribution in [-0.2, 0) is 21.1 Å². The summed E-state index contributed by atoms with van der Waals surface area (Å²) in [5, 5.41) is 0. The Morgan fingerprint density at radius 1 is 0.533 bits per heavy atom. The molecule has 0 aliphatic rings. The molecule has 0 radical (unpaired) electrons. The van der Waals surface area contributed by atoms with E-state index in [4.69, 9.17) is 0 Å². The van der Waals surface area contributed by atoms with E-state index in [2.05, 4.69) is 27.7 Å². The van der Waals surface area contributed by atoms with Crippen LogP contribution in [0.1, 0.15) is 27.7 Å². The summed E-state index contributed by atoms with van der Waals surface area (Å²) in [6.45, 7) is 8.70. The van der Waals surface area contributed by atoms with Crippen molar-refractivity contribution >= 4 is 23.5 Å². The summed E-state index contributed by atoms with van der Waals surface area (Å²) >= 11 is 3.93. The molecule has 0 saturated heterocycles. The minimum Gasteiger partial charge on any atom is -1.00 e. The maximum atomic E-state index is 2.17. The van der Waals surface area contributed by atoms with Gasteiger partial charge >= 0.3 is 21.1 Å². The van der Waals surface area contributed by atoms with Crippen LogP contribution in [0.2, 0.25) is 0 Å². The quantitative estimate of drug-likeness (QED) is 0.364. The summed E-state index contributed by atoms with van der Waals surface area (Å²) < 4.78 is 0. The first-order valence-corrected chi connectivity index (χ1v) is 6.29. The molecule has 0 aromatic heterocycles. The van der Waals surface area contributed by atoms with Crippen LogP contribution < -0.4 is 49.6 Å². The molecule has 0 bridgehead atoms. The van der Waals surface area contributed by atoms with Gasteiger partial charge in [0.05, 0.1) is 0 Å². The van der Waals surface area contributed by atoms with Crippen molar-refractivity contribution in [1.29, 1.82) is 0 Å². The van der Waals surface area contributed by atoms with Crippen molar-refractivity contribution in [2.45, 2.75) is 27.7 Å². The second-order valence-corrected chi connectivity index (χ2v) is 4.69. The molecule has 0 nitrogen and oxygen atoms in total. The normalized spacial score (nSPS) is 5.60. The van der Waals surface area contributed by atoms with E-state index in [0.717, 1.165) is 0 Å². The fourth-order valence-electron chi connectivity index (χ4n) is 0.408. The zero-order valence-electron chi connectivity index (χ0n) is 9.47. The van der Waals surface area contributed by atoms with E-state index in [9.17, 15) is 0 Å². The van der Waals surface area contributed by atoms with E-state index >= 15 is 0 Å². The van der Waals surface area contributed by atoms with Gasteiger partial charge in [0.2, 0.25) is 0 Å².